The lowest BCUT2D eigenvalue weighted by atomic mass is 10.1. The summed E-state index contributed by atoms with van der Waals surface area (Å²) in [4.78, 5) is 7.32. The number of aromatic amines is 1. The molecule has 0 aliphatic carbocycles. The van der Waals surface area contributed by atoms with Crippen LogP contribution in [0.5, 0.6) is 0 Å². The molecule has 4 heteroatoms. The van der Waals surface area contributed by atoms with Gasteiger partial charge < -0.3 is 4.98 Å². The average Bonchev–Trinajstić information content (AvgIpc) is 2.83. The van der Waals surface area contributed by atoms with Crippen LogP contribution in [0.2, 0.25) is 0 Å². The molecule has 3 aromatic rings. The van der Waals surface area contributed by atoms with Gasteiger partial charge >= 0.3 is 0 Å². The van der Waals surface area contributed by atoms with Crippen molar-refractivity contribution in [2.75, 3.05) is 0 Å². The number of fused-ring (bicyclic) bond motifs is 1. The van der Waals surface area contributed by atoms with E-state index in [1.54, 1.807) is 6.33 Å². The van der Waals surface area contributed by atoms with Crippen molar-refractivity contribution in [1.29, 1.82) is 0 Å². The van der Waals surface area contributed by atoms with Gasteiger partial charge in [-0.05, 0) is 25.1 Å². The van der Waals surface area contributed by atoms with Gasteiger partial charge in [0.05, 0.1) is 28.7 Å². The number of aromatic nitrogens is 4. The summed E-state index contributed by atoms with van der Waals surface area (Å²) in [6, 6.07) is 8.26. The Balaban J connectivity index is 2.21. The molecule has 3 rings (SSSR count). The van der Waals surface area contributed by atoms with E-state index < -0.39 is 0 Å². The number of nitrogens with zero attached hydrogens (tertiary/aromatic N) is 3. The zero-order valence-corrected chi connectivity index (χ0v) is 9.23. The minimum atomic E-state index is 0.989. The van der Waals surface area contributed by atoms with Crippen LogP contribution in [0.4, 0.5) is 0 Å². The third-order valence-corrected chi connectivity index (χ3v) is 2.72. The quantitative estimate of drug-likeness (QED) is 0.672. The highest BCUT2D eigenvalue weighted by molar-refractivity contribution is 5.80. The smallest absolute Gasteiger partial charge is 0.0931 e. The molecule has 0 aliphatic rings. The van der Waals surface area contributed by atoms with Crippen LogP contribution in [0.1, 0.15) is 5.69 Å². The number of hydrogen-bond acceptors (Lipinski definition) is 2. The summed E-state index contributed by atoms with van der Waals surface area (Å²) in [6.07, 6.45) is 1.71. The Morgan fingerprint density at radius 2 is 2.12 bits per heavy atom. The Morgan fingerprint density at radius 3 is 2.88 bits per heavy atom. The molecule has 16 heavy (non-hydrogen) atoms. The molecule has 4 nitrogen and oxygen atoms in total. The molecule has 0 unspecified atom stereocenters. The largest absolute Gasteiger partial charge is 0.345 e. The van der Waals surface area contributed by atoms with Gasteiger partial charge in [-0.1, -0.05) is 6.07 Å². The molecule has 0 aliphatic heterocycles. The standard InChI is InChI=1S/C12H12N4/c1-8-5-12(16(2)15-8)9-3-4-10-11(6-9)14-7-13-10/h3-7H,1-2H3,(H,13,14). The lowest BCUT2D eigenvalue weighted by Crippen LogP contribution is -1.93. The lowest BCUT2D eigenvalue weighted by Gasteiger charge is -2.01. The number of imidazole rings is 1. The summed E-state index contributed by atoms with van der Waals surface area (Å²) in [5.41, 5.74) is 5.34. The first-order valence-corrected chi connectivity index (χ1v) is 5.18. The average molecular weight is 212 g/mol. The molecule has 0 fully saturated rings. The van der Waals surface area contributed by atoms with E-state index in [-0.39, 0.29) is 0 Å². The van der Waals surface area contributed by atoms with Crippen LogP contribution in [-0.4, -0.2) is 19.7 Å². The number of H-pyrrole nitrogens is 1. The van der Waals surface area contributed by atoms with Crippen molar-refractivity contribution in [2.24, 2.45) is 7.05 Å². The van der Waals surface area contributed by atoms with Crippen molar-refractivity contribution in [2.45, 2.75) is 6.92 Å². The minimum Gasteiger partial charge on any atom is -0.345 e. The van der Waals surface area contributed by atoms with Crippen molar-refractivity contribution >= 4 is 11.0 Å². The van der Waals surface area contributed by atoms with Gasteiger partial charge in [0.1, 0.15) is 0 Å². The predicted octanol–water partition coefficient (Wildman–Crippen LogP) is 2.27. The number of nitrogens with one attached hydrogen (secondary N) is 1. The molecule has 0 spiro atoms. The van der Waals surface area contributed by atoms with Crippen LogP contribution >= 0.6 is 0 Å². The number of rotatable bonds is 1. The molecule has 1 N–H and O–H groups in total. The highest BCUT2D eigenvalue weighted by Crippen LogP contribution is 2.22. The molecule has 2 heterocycles. The van der Waals surface area contributed by atoms with Gasteiger partial charge in [-0.3, -0.25) is 4.68 Å². The summed E-state index contributed by atoms with van der Waals surface area (Å²) in [7, 11) is 1.96. The summed E-state index contributed by atoms with van der Waals surface area (Å²) in [5.74, 6) is 0. The minimum absolute atomic E-state index is 0.989. The molecule has 0 radical (unpaired) electrons. The lowest BCUT2D eigenvalue weighted by molar-refractivity contribution is 0.764. The number of aryl methyl sites for hydroxylation is 2. The van der Waals surface area contributed by atoms with Gasteiger partial charge in [-0.2, -0.15) is 5.10 Å². The molecule has 0 atom stereocenters. The van der Waals surface area contributed by atoms with Crippen LogP contribution < -0.4 is 0 Å². The zero-order valence-electron chi connectivity index (χ0n) is 9.23. The molecular formula is C12H12N4. The fourth-order valence-corrected chi connectivity index (χ4v) is 1.98. The van der Waals surface area contributed by atoms with Crippen LogP contribution in [0, 0.1) is 6.92 Å². The van der Waals surface area contributed by atoms with Crippen LogP contribution in [0.15, 0.2) is 30.6 Å². The van der Waals surface area contributed by atoms with Crippen molar-refractivity contribution in [3.05, 3.63) is 36.3 Å². The van der Waals surface area contributed by atoms with E-state index in [0.717, 1.165) is 28.0 Å². The maximum Gasteiger partial charge on any atom is 0.0931 e. The molecule has 0 bridgehead atoms. The van der Waals surface area contributed by atoms with Crippen LogP contribution in [-0.2, 0) is 7.05 Å². The zero-order chi connectivity index (χ0) is 11.1. The van der Waals surface area contributed by atoms with E-state index in [4.69, 9.17) is 0 Å². The Hall–Kier alpha value is -2.10. The van der Waals surface area contributed by atoms with E-state index in [2.05, 4.69) is 33.3 Å². The summed E-state index contributed by atoms with van der Waals surface area (Å²) >= 11 is 0. The first-order valence-electron chi connectivity index (χ1n) is 5.18. The highest BCUT2D eigenvalue weighted by atomic mass is 15.3. The molecule has 0 saturated heterocycles. The fourth-order valence-electron chi connectivity index (χ4n) is 1.98. The second kappa shape index (κ2) is 3.20. The summed E-state index contributed by atoms with van der Waals surface area (Å²) < 4.78 is 1.90. The first-order chi connectivity index (χ1) is 7.74. The van der Waals surface area contributed by atoms with Crippen molar-refractivity contribution in [1.82, 2.24) is 19.7 Å². The monoisotopic (exact) mass is 212 g/mol. The first kappa shape index (κ1) is 9.15. The Kier molecular flexibility index (Phi) is 1.83. The van der Waals surface area contributed by atoms with E-state index in [0.29, 0.717) is 0 Å². The number of hydrogen-bond donors (Lipinski definition) is 1. The Labute approximate surface area is 92.9 Å². The van der Waals surface area contributed by atoms with Gasteiger partial charge in [0.2, 0.25) is 0 Å². The van der Waals surface area contributed by atoms with Gasteiger partial charge in [-0.15, -0.1) is 0 Å². The molecule has 80 valence electrons. The van der Waals surface area contributed by atoms with Crippen molar-refractivity contribution < 1.29 is 0 Å². The van der Waals surface area contributed by atoms with Crippen LogP contribution in [0.3, 0.4) is 0 Å². The molecule has 0 saturated carbocycles. The molecular weight excluding hydrogens is 200 g/mol. The maximum atomic E-state index is 4.35. The molecule has 0 amide bonds. The predicted molar refractivity (Wildman–Crippen MR) is 63.0 cm³/mol. The highest BCUT2D eigenvalue weighted by Gasteiger charge is 2.06. The van der Waals surface area contributed by atoms with Gasteiger partial charge in [0, 0.05) is 12.6 Å². The SMILES string of the molecule is Cc1cc(-c2ccc3nc[nH]c3c2)n(C)n1. The molecule has 2 aromatic heterocycles. The topological polar surface area (TPSA) is 46.5 Å². The summed E-state index contributed by atoms with van der Waals surface area (Å²) in [6.45, 7) is 2.00. The Morgan fingerprint density at radius 1 is 1.25 bits per heavy atom. The fraction of sp³-hybridized carbons (Fsp3) is 0.167. The maximum absolute atomic E-state index is 4.35. The van der Waals surface area contributed by atoms with Crippen molar-refractivity contribution in [3.63, 3.8) is 0 Å². The Bertz CT molecular complexity index is 648. The van der Waals surface area contributed by atoms with E-state index >= 15 is 0 Å². The van der Waals surface area contributed by atoms with Crippen molar-refractivity contribution in [3.8, 4) is 11.3 Å². The second-order valence-corrected chi connectivity index (χ2v) is 3.93. The third-order valence-electron chi connectivity index (χ3n) is 2.72. The molecule has 1 aromatic carbocycles. The van der Waals surface area contributed by atoms with Crippen LogP contribution in [0.25, 0.3) is 22.3 Å². The van der Waals surface area contributed by atoms with E-state index in [1.807, 2.05) is 24.7 Å². The third kappa shape index (κ3) is 1.31. The second-order valence-electron chi connectivity index (χ2n) is 3.93. The number of benzene rings is 1. The van der Waals surface area contributed by atoms with E-state index in [9.17, 15) is 0 Å². The van der Waals surface area contributed by atoms with Gasteiger partial charge in [0.15, 0.2) is 0 Å². The normalized spacial score (nSPS) is 11.1. The van der Waals surface area contributed by atoms with E-state index in [1.165, 1.54) is 0 Å². The van der Waals surface area contributed by atoms with Gasteiger partial charge in [0.25, 0.3) is 0 Å². The summed E-state index contributed by atoms with van der Waals surface area (Å²) in [5, 5.41) is 4.35. The van der Waals surface area contributed by atoms with Gasteiger partial charge in [-0.25, -0.2) is 4.98 Å².